The Morgan fingerprint density at radius 1 is 1.11 bits per heavy atom. The Labute approximate surface area is 208 Å². The number of nitrogens with one attached hydrogen (secondary N) is 1. The largest absolute Gasteiger partial charge is 0.392 e. The number of hydrogen-bond donors (Lipinski definition) is 3. The Morgan fingerprint density at radius 3 is 2.63 bits per heavy atom. The molecule has 9 rings (SSSR count). The minimum atomic E-state index is -0.736. The van der Waals surface area contributed by atoms with Crippen LogP contribution >= 0.6 is 0 Å². The summed E-state index contributed by atoms with van der Waals surface area (Å²) in [4.78, 5) is 13.6. The number of aldehydes is 1. The van der Waals surface area contributed by atoms with Gasteiger partial charge in [-0.3, -0.25) is 9.69 Å². The van der Waals surface area contributed by atoms with E-state index in [-0.39, 0.29) is 40.9 Å². The summed E-state index contributed by atoms with van der Waals surface area (Å²) < 4.78 is 0. The fourth-order valence-corrected chi connectivity index (χ4v) is 10.9. The lowest BCUT2D eigenvalue weighted by molar-refractivity contribution is -0.0650. The van der Waals surface area contributed by atoms with E-state index in [1.807, 2.05) is 12.1 Å². The van der Waals surface area contributed by atoms with Crippen molar-refractivity contribution in [2.75, 3.05) is 0 Å². The van der Waals surface area contributed by atoms with Crippen molar-refractivity contribution >= 4 is 6.29 Å². The quantitative estimate of drug-likeness (QED) is 0.355. The Hall–Kier alpha value is -1.53. The first-order valence-electron chi connectivity index (χ1n) is 14.1. The number of carbonyl (C=O) groups is 1. The molecule has 1 aromatic carbocycles. The first kappa shape index (κ1) is 21.5. The van der Waals surface area contributed by atoms with Gasteiger partial charge in [0.1, 0.15) is 12.0 Å². The van der Waals surface area contributed by atoms with Crippen molar-refractivity contribution in [3.05, 3.63) is 47.5 Å². The molecular formula is C30H38N2O3. The molecule has 1 unspecified atom stereocenters. The zero-order valence-electron chi connectivity index (χ0n) is 20.6. The third kappa shape index (κ3) is 2.43. The minimum absolute atomic E-state index is 0.0205. The Morgan fingerprint density at radius 2 is 1.89 bits per heavy atom. The predicted molar refractivity (Wildman–Crippen MR) is 133 cm³/mol. The molecule has 0 amide bonds. The molecule has 3 saturated carbocycles. The maximum absolute atomic E-state index is 12.2. The van der Waals surface area contributed by atoms with Gasteiger partial charge in [-0.25, -0.2) is 0 Å². The standard InChI is InChI=1S/C30H38N2O3/c1-17(19-6-4-18(16-33)5-7-19)27-29-12-8-20-14-21-15-23(34)28(10-2-3-11-28)26(21)31-24(20)25(29)30(35)22(9-13-29)32(27)30/h4-7,9,13,16-17,20-27,31,34-35H,2-3,8,10-12,14-15H2,1H3/t17-,20+,21-,22+,23-,24-,25+,26-,27-,29-,30-,32?/m1/s1. The molecule has 2 spiro atoms. The second kappa shape index (κ2) is 6.86. The SMILES string of the molecule is C[C@H](c1ccc(C=O)cc1)[C@H]1N2[C@H]3C=C[C@@]14CC[C@H]1C[C@@H]5C[C@@H](O)C6(CCCC6)[C@@H]5N[C@H]1[C@@H]4[C@]32O. The molecule has 4 bridgehead atoms. The number of aliphatic hydroxyl groups excluding tert-OH is 1. The summed E-state index contributed by atoms with van der Waals surface area (Å²) in [5.41, 5.74) is 1.28. The molecule has 186 valence electrons. The van der Waals surface area contributed by atoms with Crippen molar-refractivity contribution in [1.82, 2.24) is 10.2 Å². The van der Waals surface area contributed by atoms with Crippen molar-refractivity contribution in [2.45, 2.75) is 100 Å². The predicted octanol–water partition coefficient (Wildman–Crippen LogP) is 3.61. The molecule has 35 heavy (non-hydrogen) atoms. The zero-order valence-corrected chi connectivity index (χ0v) is 20.6. The molecule has 8 aliphatic rings. The molecule has 4 aliphatic heterocycles. The van der Waals surface area contributed by atoms with Gasteiger partial charge in [-0.15, -0.1) is 0 Å². The normalized spacial score (nSPS) is 52.6. The number of benzene rings is 1. The van der Waals surface area contributed by atoms with Gasteiger partial charge in [0.25, 0.3) is 0 Å². The van der Waals surface area contributed by atoms with Crippen LogP contribution in [0.4, 0.5) is 0 Å². The van der Waals surface area contributed by atoms with Crippen molar-refractivity contribution < 1.29 is 15.0 Å². The number of nitrogens with zero attached hydrogens (tertiary/aromatic N) is 1. The second-order valence-electron chi connectivity index (χ2n) is 13.3. The van der Waals surface area contributed by atoms with Gasteiger partial charge in [-0.2, -0.15) is 0 Å². The average molecular weight is 475 g/mol. The van der Waals surface area contributed by atoms with E-state index in [0.29, 0.717) is 29.5 Å². The van der Waals surface area contributed by atoms with Gasteiger partial charge in [0.15, 0.2) is 0 Å². The first-order chi connectivity index (χ1) is 16.9. The van der Waals surface area contributed by atoms with Crippen LogP contribution in [-0.4, -0.2) is 57.4 Å². The van der Waals surface area contributed by atoms with Crippen LogP contribution in [0.3, 0.4) is 0 Å². The summed E-state index contributed by atoms with van der Waals surface area (Å²) in [5, 5.41) is 27.6. The van der Waals surface area contributed by atoms with Gasteiger partial charge in [0, 0.05) is 40.4 Å². The zero-order chi connectivity index (χ0) is 23.7. The lowest BCUT2D eigenvalue weighted by Crippen LogP contribution is -2.66. The summed E-state index contributed by atoms with van der Waals surface area (Å²) >= 11 is 0. The monoisotopic (exact) mass is 474 g/mol. The lowest BCUT2D eigenvalue weighted by Gasteiger charge is -2.58. The number of piperidine rings is 2. The van der Waals surface area contributed by atoms with E-state index >= 15 is 0 Å². The molecule has 5 heteroatoms. The Kier molecular flexibility index (Phi) is 4.22. The third-order valence-corrected chi connectivity index (χ3v) is 12.2. The minimum Gasteiger partial charge on any atom is -0.392 e. The molecule has 0 radical (unpaired) electrons. The molecule has 4 aliphatic carbocycles. The van der Waals surface area contributed by atoms with E-state index in [9.17, 15) is 15.0 Å². The molecule has 3 saturated heterocycles. The summed E-state index contributed by atoms with van der Waals surface area (Å²) in [6.45, 7) is 2.32. The highest BCUT2D eigenvalue weighted by Crippen LogP contribution is 2.74. The van der Waals surface area contributed by atoms with Crippen molar-refractivity contribution in [3.8, 4) is 0 Å². The molecular weight excluding hydrogens is 436 g/mol. The van der Waals surface area contributed by atoms with Crippen LogP contribution in [-0.2, 0) is 0 Å². The van der Waals surface area contributed by atoms with Crippen molar-refractivity contribution in [3.63, 3.8) is 0 Å². The van der Waals surface area contributed by atoms with Crippen molar-refractivity contribution in [2.24, 2.45) is 28.6 Å². The highest BCUT2D eigenvalue weighted by Gasteiger charge is 2.84. The van der Waals surface area contributed by atoms with Gasteiger partial charge in [-0.05, 0) is 61.8 Å². The van der Waals surface area contributed by atoms with Crippen LogP contribution in [0.5, 0.6) is 0 Å². The summed E-state index contributed by atoms with van der Waals surface area (Å²) in [6, 6.07) is 9.21. The van der Waals surface area contributed by atoms with Gasteiger partial charge >= 0.3 is 0 Å². The Bertz CT molecular complexity index is 1100. The number of fused-ring (bicyclic) bond motifs is 3. The smallest absolute Gasteiger partial charge is 0.150 e. The number of carbonyl (C=O) groups excluding carboxylic acids is 1. The summed E-state index contributed by atoms with van der Waals surface area (Å²) in [5.74, 6) is 1.67. The average Bonchev–Trinajstić information content (AvgIpc) is 3.19. The maximum atomic E-state index is 12.2. The first-order valence-corrected chi connectivity index (χ1v) is 14.1. The van der Waals surface area contributed by atoms with Gasteiger partial charge < -0.3 is 15.5 Å². The summed E-state index contributed by atoms with van der Waals surface area (Å²) in [7, 11) is 0. The van der Waals surface area contributed by atoms with Crippen LogP contribution in [0.2, 0.25) is 0 Å². The number of hydrogen-bond acceptors (Lipinski definition) is 5. The molecule has 1 aromatic rings. The Balaban J connectivity index is 1.16. The van der Waals surface area contributed by atoms with Crippen LogP contribution < -0.4 is 5.32 Å². The van der Waals surface area contributed by atoms with E-state index in [0.717, 1.165) is 32.0 Å². The maximum Gasteiger partial charge on any atom is 0.150 e. The molecule has 0 aromatic heterocycles. The van der Waals surface area contributed by atoms with E-state index in [1.165, 1.54) is 31.2 Å². The lowest BCUT2D eigenvalue weighted by atomic mass is 9.51. The molecule has 6 fully saturated rings. The van der Waals surface area contributed by atoms with E-state index in [4.69, 9.17) is 0 Å². The molecule has 4 heterocycles. The van der Waals surface area contributed by atoms with Crippen LogP contribution in [0.1, 0.15) is 80.1 Å². The van der Waals surface area contributed by atoms with E-state index in [2.05, 4.69) is 41.4 Å². The summed E-state index contributed by atoms with van der Waals surface area (Å²) in [6.07, 6.45) is 14.9. The van der Waals surface area contributed by atoms with Crippen LogP contribution in [0, 0.1) is 28.6 Å². The highest BCUT2D eigenvalue weighted by atomic mass is 16.3. The van der Waals surface area contributed by atoms with E-state index < -0.39 is 5.72 Å². The molecule has 12 atom stereocenters. The number of aliphatic hydroxyl groups is 2. The van der Waals surface area contributed by atoms with Gasteiger partial charge in [-0.1, -0.05) is 56.2 Å². The molecule has 5 nitrogen and oxygen atoms in total. The van der Waals surface area contributed by atoms with Gasteiger partial charge in [0.2, 0.25) is 0 Å². The fourth-order valence-electron chi connectivity index (χ4n) is 10.9. The topological polar surface area (TPSA) is 72.6 Å². The van der Waals surface area contributed by atoms with Crippen molar-refractivity contribution in [1.29, 1.82) is 0 Å². The second-order valence-corrected chi connectivity index (χ2v) is 13.3. The molecule has 3 N–H and O–H groups in total. The van der Waals surface area contributed by atoms with E-state index in [1.54, 1.807) is 0 Å². The number of rotatable bonds is 3. The fraction of sp³-hybridized carbons (Fsp3) is 0.700. The third-order valence-electron chi connectivity index (χ3n) is 12.2. The van der Waals surface area contributed by atoms with Crippen LogP contribution in [0.25, 0.3) is 0 Å². The van der Waals surface area contributed by atoms with Crippen LogP contribution in [0.15, 0.2) is 36.4 Å². The highest BCUT2D eigenvalue weighted by molar-refractivity contribution is 5.74. The van der Waals surface area contributed by atoms with Gasteiger partial charge in [0.05, 0.1) is 12.1 Å².